The molecule has 118 valence electrons. The van der Waals surface area contributed by atoms with E-state index in [9.17, 15) is 9.59 Å². The van der Waals surface area contributed by atoms with Crippen LogP contribution in [-0.4, -0.2) is 43.9 Å². The van der Waals surface area contributed by atoms with Gasteiger partial charge in [0.1, 0.15) is 11.3 Å². The van der Waals surface area contributed by atoms with E-state index in [0.29, 0.717) is 11.3 Å². The predicted octanol–water partition coefficient (Wildman–Crippen LogP) is 1.20. The number of furan rings is 1. The molecule has 1 heterocycles. The van der Waals surface area contributed by atoms with Crippen molar-refractivity contribution in [3.05, 3.63) is 30.0 Å². The quantitative estimate of drug-likeness (QED) is 0.797. The van der Waals surface area contributed by atoms with Crippen molar-refractivity contribution in [3.63, 3.8) is 0 Å². The Hall–Kier alpha value is -2.54. The third kappa shape index (κ3) is 3.56. The van der Waals surface area contributed by atoms with Gasteiger partial charge in [-0.25, -0.2) is 4.79 Å². The summed E-state index contributed by atoms with van der Waals surface area (Å²) in [6.07, 6.45) is 0.540. The lowest BCUT2D eigenvalue weighted by atomic mass is 10.1. The summed E-state index contributed by atoms with van der Waals surface area (Å²) in [5.74, 6) is -0.757. The van der Waals surface area contributed by atoms with Gasteiger partial charge in [-0.15, -0.1) is 0 Å². The summed E-state index contributed by atoms with van der Waals surface area (Å²) in [6, 6.07) is 5.34. The van der Waals surface area contributed by atoms with Crippen LogP contribution >= 0.6 is 0 Å². The number of hydrogen-bond donors (Lipinski definition) is 2. The Morgan fingerprint density at radius 1 is 1.36 bits per heavy atom. The lowest BCUT2D eigenvalue weighted by Crippen LogP contribution is -2.38. The number of ether oxygens (including phenoxy) is 2. The topological polar surface area (TPSA) is 98.0 Å². The summed E-state index contributed by atoms with van der Waals surface area (Å²) in [5.41, 5.74) is 1.35. The molecule has 0 saturated carbocycles. The second kappa shape index (κ2) is 6.95. The normalized spacial score (nSPS) is 12.1. The van der Waals surface area contributed by atoms with E-state index in [-0.39, 0.29) is 18.9 Å². The molecule has 1 unspecified atom stereocenters. The third-order valence-corrected chi connectivity index (χ3v) is 3.26. The Kier molecular flexibility index (Phi) is 5.00. The average molecular weight is 307 g/mol. The van der Waals surface area contributed by atoms with E-state index in [1.807, 2.05) is 6.07 Å². The molecule has 1 aromatic heterocycles. The van der Waals surface area contributed by atoms with Crippen molar-refractivity contribution in [2.24, 2.45) is 0 Å². The van der Waals surface area contributed by atoms with Gasteiger partial charge in [0, 0.05) is 24.1 Å². The predicted molar refractivity (Wildman–Crippen MR) is 77.9 cm³/mol. The largest absolute Gasteiger partial charge is 0.497 e. The molecular weight excluding hydrogens is 290 g/mol. The first-order chi connectivity index (χ1) is 10.5. The fourth-order valence-electron chi connectivity index (χ4n) is 2.04. The highest BCUT2D eigenvalue weighted by atomic mass is 16.5. The summed E-state index contributed by atoms with van der Waals surface area (Å²) in [7, 11) is 2.84. The molecule has 0 spiro atoms. The van der Waals surface area contributed by atoms with Crippen LogP contribution in [0.1, 0.15) is 5.56 Å². The maximum Gasteiger partial charge on any atom is 0.334 e. The Bertz CT molecular complexity index is 678. The maximum atomic E-state index is 11.9. The van der Waals surface area contributed by atoms with Crippen LogP contribution in [0.25, 0.3) is 11.0 Å². The van der Waals surface area contributed by atoms with Gasteiger partial charge in [0.05, 0.1) is 26.3 Å². The summed E-state index contributed by atoms with van der Waals surface area (Å²) >= 11 is 0. The number of fused-ring (bicyclic) bond motifs is 1. The number of carbonyl (C=O) groups excluding carboxylic acids is 1. The Labute approximate surface area is 126 Å². The van der Waals surface area contributed by atoms with E-state index in [2.05, 4.69) is 5.32 Å². The average Bonchev–Trinajstić information content (AvgIpc) is 2.89. The standard InChI is InChI=1S/C15H17NO6/c1-20-10-3-4-11-9(8-22-12(11)6-10)5-14(17)16-7-13(21-2)15(18)19/h3-4,6,8,13H,5,7H2,1-2H3,(H,16,17)(H,18,19). The van der Waals surface area contributed by atoms with Gasteiger partial charge in [-0.05, 0) is 12.1 Å². The van der Waals surface area contributed by atoms with Crippen molar-refractivity contribution in [1.29, 1.82) is 0 Å². The first-order valence-corrected chi connectivity index (χ1v) is 6.61. The van der Waals surface area contributed by atoms with Crippen molar-refractivity contribution in [3.8, 4) is 5.75 Å². The minimum absolute atomic E-state index is 0.0890. The number of benzene rings is 1. The summed E-state index contributed by atoms with van der Waals surface area (Å²) in [4.78, 5) is 22.7. The van der Waals surface area contributed by atoms with E-state index in [1.54, 1.807) is 19.2 Å². The Balaban J connectivity index is 2.01. The van der Waals surface area contributed by atoms with Crippen molar-refractivity contribution >= 4 is 22.8 Å². The van der Waals surface area contributed by atoms with Crippen LogP contribution in [-0.2, 0) is 20.7 Å². The molecule has 0 aliphatic carbocycles. The lowest BCUT2D eigenvalue weighted by Gasteiger charge is -2.11. The van der Waals surface area contributed by atoms with E-state index in [4.69, 9.17) is 19.0 Å². The van der Waals surface area contributed by atoms with Gasteiger partial charge in [0.2, 0.25) is 5.91 Å². The molecule has 0 aliphatic rings. The highest BCUT2D eigenvalue weighted by molar-refractivity contribution is 5.88. The van der Waals surface area contributed by atoms with Crippen molar-refractivity contribution in [2.45, 2.75) is 12.5 Å². The number of carboxylic acid groups (broad SMARTS) is 1. The molecule has 2 aromatic rings. The zero-order chi connectivity index (χ0) is 16.1. The molecule has 7 heteroatoms. The van der Waals surface area contributed by atoms with E-state index in [1.165, 1.54) is 13.4 Å². The van der Waals surface area contributed by atoms with Gasteiger partial charge in [-0.3, -0.25) is 4.79 Å². The van der Waals surface area contributed by atoms with Gasteiger partial charge in [0.15, 0.2) is 6.10 Å². The van der Waals surface area contributed by atoms with Gasteiger partial charge >= 0.3 is 5.97 Å². The zero-order valence-electron chi connectivity index (χ0n) is 12.3. The first-order valence-electron chi connectivity index (χ1n) is 6.61. The Morgan fingerprint density at radius 2 is 2.14 bits per heavy atom. The summed E-state index contributed by atoms with van der Waals surface area (Å²) < 4.78 is 15.2. The summed E-state index contributed by atoms with van der Waals surface area (Å²) in [5, 5.41) is 12.2. The fraction of sp³-hybridized carbons (Fsp3) is 0.333. The molecule has 0 fully saturated rings. The number of carbonyl (C=O) groups is 2. The number of aliphatic carboxylic acids is 1. The van der Waals surface area contributed by atoms with Crippen molar-refractivity contribution in [2.75, 3.05) is 20.8 Å². The smallest absolute Gasteiger partial charge is 0.334 e. The second-order valence-corrected chi connectivity index (χ2v) is 4.67. The first kappa shape index (κ1) is 15.8. The molecule has 7 nitrogen and oxygen atoms in total. The number of carboxylic acids is 1. The van der Waals surface area contributed by atoms with Crippen molar-refractivity contribution < 1.29 is 28.6 Å². The fourth-order valence-corrected chi connectivity index (χ4v) is 2.04. The molecule has 22 heavy (non-hydrogen) atoms. The van der Waals surface area contributed by atoms with E-state index in [0.717, 1.165) is 10.9 Å². The van der Waals surface area contributed by atoms with Gasteiger partial charge < -0.3 is 24.3 Å². The molecule has 0 radical (unpaired) electrons. The van der Waals surface area contributed by atoms with Crippen LogP contribution in [0.2, 0.25) is 0 Å². The molecule has 1 amide bonds. The van der Waals surface area contributed by atoms with Crippen LogP contribution in [0, 0.1) is 0 Å². The molecular formula is C15H17NO6. The van der Waals surface area contributed by atoms with Crippen molar-refractivity contribution in [1.82, 2.24) is 5.32 Å². The number of amides is 1. The SMILES string of the molecule is COc1ccc2c(CC(=O)NCC(OC)C(=O)O)coc2c1. The Morgan fingerprint density at radius 3 is 2.77 bits per heavy atom. The van der Waals surface area contributed by atoms with Crippen LogP contribution in [0.5, 0.6) is 5.75 Å². The molecule has 2 N–H and O–H groups in total. The third-order valence-electron chi connectivity index (χ3n) is 3.26. The van der Waals surface area contributed by atoms with Crippen LogP contribution in [0.15, 0.2) is 28.9 Å². The van der Waals surface area contributed by atoms with Gasteiger partial charge in [0.25, 0.3) is 0 Å². The zero-order valence-corrected chi connectivity index (χ0v) is 12.3. The number of nitrogens with one attached hydrogen (secondary N) is 1. The molecule has 1 aromatic carbocycles. The molecule has 0 saturated heterocycles. The summed E-state index contributed by atoms with van der Waals surface area (Å²) in [6.45, 7) is -0.0890. The van der Waals surface area contributed by atoms with E-state index < -0.39 is 12.1 Å². The van der Waals surface area contributed by atoms with Gasteiger partial charge in [-0.2, -0.15) is 0 Å². The minimum atomic E-state index is -1.12. The number of hydrogen-bond acceptors (Lipinski definition) is 5. The van der Waals surface area contributed by atoms with Crippen LogP contribution in [0.3, 0.4) is 0 Å². The van der Waals surface area contributed by atoms with Crippen LogP contribution < -0.4 is 10.1 Å². The lowest BCUT2D eigenvalue weighted by molar-refractivity contribution is -0.148. The molecule has 0 bridgehead atoms. The molecule has 2 rings (SSSR count). The second-order valence-electron chi connectivity index (χ2n) is 4.67. The van der Waals surface area contributed by atoms with Gasteiger partial charge in [-0.1, -0.05) is 0 Å². The van der Waals surface area contributed by atoms with E-state index >= 15 is 0 Å². The molecule has 1 atom stereocenters. The minimum Gasteiger partial charge on any atom is -0.497 e. The highest BCUT2D eigenvalue weighted by Crippen LogP contribution is 2.25. The monoisotopic (exact) mass is 307 g/mol. The molecule has 0 aliphatic heterocycles. The maximum absolute atomic E-state index is 11.9. The number of methoxy groups -OCH3 is 2. The highest BCUT2D eigenvalue weighted by Gasteiger charge is 2.18. The number of rotatable bonds is 7. The van der Waals surface area contributed by atoms with Crippen LogP contribution in [0.4, 0.5) is 0 Å².